The van der Waals surface area contributed by atoms with Crippen LogP contribution in [0, 0.1) is 6.92 Å². The van der Waals surface area contributed by atoms with E-state index in [0.717, 1.165) is 18.7 Å². The first-order chi connectivity index (χ1) is 13.1. The maximum Gasteiger partial charge on any atom is 0.409 e. The molecule has 27 heavy (non-hydrogen) atoms. The van der Waals surface area contributed by atoms with Crippen molar-refractivity contribution in [2.24, 2.45) is 0 Å². The number of hydrogen-bond donors (Lipinski definition) is 1. The molecule has 0 unspecified atom stereocenters. The van der Waals surface area contributed by atoms with Gasteiger partial charge in [-0.05, 0) is 26.7 Å². The Morgan fingerprint density at radius 2 is 1.85 bits per heavy atom. The van der Waals surface area contributed by atoms with Crippen LogP contribution in [0.5, 0.6) is 0 Å². The summed E-state index contributed by atoms with van der Waals surface area (Å²) in [5, 5.41) is 3.11. The second kappa shape index (κ2) is 9.01. The minimum atomic E-state index is -0.274. The van der Waals surface area contributed by atoms with Crippen molar-refractivity contribution >= 4 is 17.8 Å². The highest BCUT2D eigenvalue weighted by atomic mass is 16.6. The van der Waals surface area contributed by atoms with E-state index in [2.05, 4.69) is 20.2 Å². The van der Waals surface area contributed by atoms with Gasteiger partial charge in [0.1, 0.15) is 17.3 Å². The number of amides is 2. The molecule has 2 heterocycles. The van der Waals surface area contributed by atoms with Crippen LogP contribution in [-0.2, 0) is 4.74 Å². The lowest BCUT2D eigenvalue weighted by Gasteiger charge is -2.34. The summed E-state index contributed by atoms with van der Waals surface area (Å²) >= 11 is 0. The summed E-state index contributed by atoms with van der Waals surface area (Å²) in [6.45, 7) is 6.44. The van der Waals surface area contributed by atoms with Crippen LogP contribution in [-0.4, -0.2) is 65.7 Å². The molecule has 8 nitrogen and oxygen atoms in total. The molecule has 2 aliphatic rings. The lowest BCUT2D eigenvalue weighted by Crippen LogP contribution is -2.49. The number of rotatable bonds is 4. The maximum absolute atomic E-state index is 12.6. The number of carbonyl (C=O) groups excluding carboxylic acids is 2. The Morgan fingerprint density at radius 3 is 2.52 bits per heavy atom. The molecule has 1 aliphatic carbocycles. The molecule has 0 spiro atoms. The van der Waals surface area contributed by atoms with E-state index in [9.17, 15) is 9.59 Å². The first-order valence-electron chi connectivity index (χ1n) is 9.90. The number of piperazine rings is 1. The normalized spacial score (nSPS) is 18.3. The van der Waals surface area contributed by atoms with Crippen LogP contribution < -0.4 is 10.2 Å². The van der Waals surface area contributed by atoms with Crippen molar-refractivity contribution in [3.8, 4) is 0 Å². The Hall–Kier alpha value is -2.38. The van der Waals surface area contributed by atoms with E-state index in [-0.39, 0.29) is 18.0 Å². The van der Waals surface area contributed by atoms with Crippen molar-refractivity contribution in [1.82, 2.24) is 20.2 Å². The fourth-order valence-corrected chi connectivity index (χ4v) is 3.67. The van der Waals surface area contributed by atoms with Crippen LogP contribution >= 0.6 is 0 Å². The van der Waals surface area contributed by atoms with Gasteiger partial charge in [-0.1, -0.05) is 19.3 Å². The molecule has 1 aliphatic heterocycles. The highest BCUT2D eigenvalue weighted by Crippen LogP contribution is 2.19. The molecule has 2 fully saturated rings. The number of hydrogen-bond acceptors (Lipinski definition) is 6. The molecule has 0 atom stereocenters. The van der Waals surface area contributed by atoms with Crippen molar-refractivity contribution < 1.29 is 14.3 Å². The van der Waals surface area contributed by atoms with Gasteiger partial charge in [0, 0.05) is 38.3 Å². The average molecular weight is 375 g/mol. The fraction of sp³-hybridized carbons (Fsp3) is 0.684. The Morgan fingerprint density at radius 1 is 1.15 bits per heavy atom. The highest BCUT2D eigenvalue weighted by Gasteiger charge is 2.24. The van der Waals surface area contributed by atoms with Gasteiger partial charge >= 0.3 is 6.09 Å². The van der Waals surface area contributed by atoms with Gasteiger partial charge in [-0.25, -0.2) is 14.8 Å². The molecule has 0 bridgehead atoms. The fourth-order valence-electron chi connectivity index (χ4n) is 3.67. The molecule has 8 heteroatoms. The smallest absolute Gasteiger partial charge is 0.409 e. The lowest BCUT2D eigenvalue weighted by atomic mass is 9.95. The van der Waals surface area contributed by atoms with Crippen molar-refractivity contribution in [2.75, 3.05) is 37.7 Å². The summed E-state index contributed by atoms with van der Waals surface area (Å²) < 4.78 is 5.05. The van der Waals surface area contributed by atoms with Crippen LogP contribution in [0.1, 0.15) is 55.3 Å². The van der Waals surface area contributed by atoms with Gasteiger partial charge in [-0.3, -0.25) is 4.79 Å². The van der Waals surface area contributed by atoms with Crippen molar-refractivity contribution in [2.45, 2.75) is 52.0 Å². The van der Waals surface area contributed by atoms with Gasteiger partial charge in [0.25, 0.3) is 5.91 Å². The molecular formula is C19H29N5O3. The van der Waals surface area contributed by atoms with E-state index in [4.69, 9.17) is 4.74 Å². The summed E-state index contributed by atoms with van der Waals surface area (Å²) in [5.74, 6) is 1.19. The summed E-state index contributed by atoms with van der Waals surface area (Å²) in [6.07, 6.45) is 5.40. The summed E-state index contributed by atoms with van der Waals surface area (Å²) in [5.41, 5.74) is 0.413. The molecule has 1 saturated heterocycles. The third kappa shape index (κ3) is 5.08. The third-order valence-corrected chi connectivity index (χ3v) is 5.13. The minimum Gasteiger partial charge on any atom is -0.450 e. The van der Waals surface area contributed by atoms with Gasteiger partial charge in [-0.2, -0.15) is 0 Å². The minimum absolute atomic E-state index is 0.126. The monoisotopic (exact) mass is 375 g/mol. The van der Waals surface area contributed by atoms with Gasteiger partial charge in [-0.15, -0.1) is 0 Å². The Bertz CT molecular complexity index is 667. The molecule has 1 N–H and O–H groups in total. The van der Waals surface area contributed by atoms with Crippen molar-refractivity contribution in [1.29, 1.82) is 0 Å². The number of carbonyl (C=O) groups is 2. The quantitative estimate of drug-likeness (QED) is 0.867. The number of nitrogens with zero attached hydrogens (tertiary/aromatic N) is 4. The van der Waals surface area contributed by atoms with Crippen molar-refractivity contribution in [3.05, 3.63) is 17.6 Å². The van der Waals surface area contributed by atoms with Crippen LogP contribution in [0.25, 0.3) is 0 Å². The molecule has 1 aromatic rings. The standard InChI is InChI=1S/C19H29N5O3/c1-3-27-19(26)24-11-9-23(10-12-24)17-13-16(20-14(2)21-17)18(25)22-15-7-5-4-6-8-15/h13,15H,3-12H2,1-2H3,(H,22,25). The molecule has 3 rings (SSSR count). The number of ether oxygens (including phenoxy) is 1. The highest BCUT2D eigenvalue weighted by molar-refractivity contribution is 5.93. The number of aryl methyl sites for hydroxylation is 1. The Kier molecular flexibility index (Phi) is 6.47. The zero-order chi connectivity index (χ0) is 19.2. The first kappa shape index (κ1) is 19.4. The van der Waals surface area contributed by atoms with E-state index in [1.54, 1.807) is 24.8 Å². The largest absolute Gasteiger partial charge is 0.450 e. The molecule has 148 valence electrons. The SMILES string of the molecule is CCOC(=O)N1CCN(c2cc(C(=O)NC3CCCCC3)nc(C)n2)CC1. The van der Waals surface area contributed by atoms with Crippen molar-refractivity contribution in [3.63, 3.8) is 0 Å². The zero-order valence-corrected chi connectivity index (χ0v) is 16.2. The molecule has 0 aromatic carbocycles. The predicted octanol–water partition coefficient (Wildman–Crippen LogP) is 2.13. The first-order valence-corrected chi connectivity index (χ1v) is 9.90. The predicted molar refractivity (Wildman–Crippen MR) is 102 cm³/mol. The summed E-state index contributed by atoms with van der Waals surface area (Å²) in [6, 6.07) is 2.00. The average Bonchev–Trinajstić information content (AvgIpc) is 2.68. The molecule has 1 saturated carbocycles. The van der Waals surface area contributed by atoms with E-state index in [0.29, 0.717) is 44.3 Å². The maximum atomic E-state index is 12.6. The van der Waals surface area contributed by atoms with Gasteiger partial charge in [0.05, 0.1) is 6.61 Å². The molecule has 1 aromatic heterocycles. The van der Waals surface area contributed by atoms with Gasteiger partial charge in [0.2, 0.25) is 0 Å². The number of nitrogens with one attached hydrogen (secondary N) is 1. The zero-order valence-electron chi connectivity index (χ0n) is 16.2. The molecule has 0 radical (unpaired) electrons. The van der Waals surface area contributed by atoms with E-state index >= 15 is 0 Å². The topological polar surface area (TPSA) is 87.7 Å². The van der Waals surface area contributed by atoms with Gasteiger partial charge < -0.3 is 19.9 Å². The van der Waals surface area contributed by atoms with Crippen LogP contribution in [0.3, 0.4) is 0 Å². The summed E-state index contributed by atoms with van der Waals surface area (Å²) in [4.78, 5) is 37.1. The Balaban J connectivity index is 1.63. The van der Waals surface area contributed by atoms with E-state index < -0.39 is 0 Å². The van der Waals surface area contributed by atoms with E-state index in [1.165, 1.54) is 19.3 Å². The second-order valence-electron chi connectivity index (χ2n) is 7.14. The lowest BCUT2D eigenvalue weighted by molar-refractivity contribution is 0.0922. The second-order valence-corrected chi connectivity index (χ2v) is 7.14. The van der Waals surface area contributed by atoms with Crippen LogP contribution in [0.2, 0.25) is 0 Å². The third-order valence-electron chi connectivity index (χ3n) is 5.13. The summed E-state index contributed by atoms with van der Waals surface area (Å²) in [7, 11) is 0. The van der Waals surface area contributed by atoms with Crippen LogP contribution in [0.4, 0.5) is 10.6 Å². The molecule has 2 amide bonds. The Labute approximate surface area is 160 Å². The number of aromatic nitrogens is 2. The van der Waals surface area contributed by atoms with Gasteiger partial charge in [0.15, 0.2) is 0 Å². The van der Waals surface area contributed by atoms with E-state index in [1.807, 2.05) is 0 Å². The van der Waals surface area contributed by atoms with Crippen LogP contribution in [0.15, 0.2) is 6.07 Å². The number of anilines is 1. The molecular weight excluding hydrogens is 346 g/mol.